The number of hydrogen-bond acceptors (Lipinski definition) is 5. The van der Waals surface area contributed by atoms with Gasteiger partial charge in [0.05, 0.1) is 0 Å². The lowest BCUT2D eigenvalue weighted by Crippen LogP contribution is -2.34. The molecule has 2 heterocycles. The average Bonchev–Trinajstić information content (AvgIpc) is 2.72. The van der Waals surface area contributed by atoms with Crippen molar-refractivity contribution in [2.75, 3.05) is 5.88 Å². The molecule has 1 aliphatic heterocycles. The molecular weight excluding hydrogens is 266 g/mol. The lowest BCUT2D eigenvalue weighted by atomic mass is 10.5. The van der Waals surface area contributed by atoms with E-state index in [1.54, 1.807) is 19.1 Å². The van der Waals surface area contributed by atoms with E-state index in [1.807, 2.05) is 0 Å². The largest absolute Gasteiger partial charge is 0.372 e. The van der Waals surface area contributed by atoms with E-state index in [4.69, 9.17) is 16.4 Å². The van der Waals surface area contributed by atoms with Gasteiger partial charge in [-0.15, -0.1) is 11.6 Å². The molecule has 0 spiro atoms. The fourth-order valence-corrected chi connectivity index (χ4v) is 2.74. The minimum absolute atomic E-state index is 0.0264. The Labute approximate surface area is 104 Å². The number of sulfonamides is 1. The molecule has 0 amide bonds. The zero-order valence-corrected chi connectivity index (χ0v) is 10.5. The molecule has 0 saturated heterocycles. The van der Waals surface area contributed by atoms with E-state index < -0.39 is 16.2 Å². The summed E-state index contributed by atoms with van der Waals surface area (Å²) >= 11 is 5.54. The Balaban J connectivity index is 2.31. The second-order valence-corrected chi connectivity index (χ2v) is 5.30. The van der Waals surface area contributed by atoms with Gasteiger partial charge >= 0.3 is 0 Å². The summed E-state index contributed by atoms with van der Waals surface area (Å²) < 4.78 is 25.1. The molecule has 92 valence electrons. The van der Waals surface area contributed by atoms with E-state index in [1.165, 1.54) is 12.3 Å². The molecule has 0 saturated carbocycles. The number of aromatic nitrogens is 1. The highest BCUT2D eigenvalue weighted by Gasteiger charge is 2.37. The Bertz CT molecular complexity index is 532. The summed E-state index contributed by atoms with van der Waals surface area (Å²) in [5.74, 6) is 0.206. The van der Waals surface area contributed by atoms with Gasteiger partial charge in [0.25, 0.3) is 10.0 Å². The van der Waals surface area contributed by atoms with Crippen LogP contribution in [0.4, 0.5) is 0 Å². The highest BCUT2D eigenvalue weighted by molar-refractivity contribution is 7.89. The minimum Gasteiger partial charge on any atom is -0.372 e. The lowest BCUT2D eigenvalue weighted by molar-refractivity contribution is 0.0175. The third-order valence-corrected chi connectivity index (χ3v) is 3.94. The maximum absolute atomic E-state index is 12.1. The second-order valence-electron chi connectivity index (χ2n) is 3.31. The summed E-state index contributed by atoms with van der Waals surface area (Å²) in [6.45, 7) is 1.60. The number of hydroxylamine groups is 1. The zero-order chi connectivity index (χ0) is 12.5. The quantitative estimate of drug-likeness (QED) is 0.772. The molecule has 8 heteroatoms. The Morgan fingerprint density at radius 3 is 2.82 bits per heavy atom. The van der Waals surface area contributed by atoms with Crippen LogP contribution in [-0.2, 0) is 14.9 Å². The van der Waals surface area contributed by atoms with Crippen LogP contribution in [-0.4, -0.2) is 35.8 Å². The number of hydrogen-bond donors (Lipinski definition) is 0. The summed E-state index contributed by atoms with van der Waals surface area (Å²) in [4.78, 5) is 12.8. The highest BCUT2D eigenvalue weighted by atomic mass is 35.5. The zero-order valence-electron chi connectivity index (χ0n) is 8.95. The predicted octanol–water partition coefficient (Wildman–Crippen LogP) is 1.00. The molecule has 1 atom stereocenters. The van der Waals surface area contributed by atoms with Gasteiger partial charge in [0.1, 0.15) is 5.88 Å². The van der Waals surface area contributed by atoms with Crippen LogP contribution >= 0.6 is 11.6 Å². The van der Waals surface area contributed by atoms with Crippen molar-refractivity contribution < 1.29 is 13.3 Å². The van der Waals surface area contributed by atoms with Gasteiger partial charge in [0.2, 0.25) is 5.90 Å². The van der Waals surface area contributed by atoms with E-state index in [9.17, 15) is 8.42 Å². The van der Waals surface area contributed by atoms with Crippen molar-refractivity contribution in [2.45, 2.75) is 18.1 Å². The second kappa shape index (κ2) is 4.59. The van der Waals surface area contributed by atoms with E-state index in [2.05, 4.69) is 9.98 Å². The van der Waals surface area contributed by atoms with Crippen molar-refractivity contribution in [3.63, 3.8) is 0 Å². The summed E-state index contributed by atoms with van der Waals surface area (Å²) in [6, 6.07) is 4.61. The molecule has 0 aliphatic carbocycles. The Morgan fingerprint density at radius 1 is 1.53 bits per heavy atom. The van der Waals surface area contributed by atoms with Crippen LogP contribution in [0.2, 0.25) is 0 Å². The molecule has 0 bridgehead atoms. The molecule has 0 unspecified atom stereocenters. The minimum atomic E-state index is -3.80. The lowest BCUT2D eigenvalue weighted by Gasteiger charge is -2.17. The summed E-state index contributed by atoms with van der Waals surface area (Å²) in [5, 5.41) is -0.0853. The number of aliphatic imine (C=N–C) groups is 1. The maximum atomic E-state index is 12.1. The van der Waals surface area contributed by atoms with Crippen molar-refractivity contribution in [1.29, 1.82) is 0 Å². The number of alkyl halides is 1. The van der Waals surface area contributed by atoms with E-state index >= 15 is 0 Å². The van der Waals surface area contributed by atoms with E-state index in [-0.39, 0.29) is 16.8 Å². The fraction of sp³-hybridized carbons (Fsp3) is 0.333. The summed E-state index contributed by atoms with van der Waals surface area (Å²) in [5.41, 5.74) is 0. The molecule has 0 radical (unpaired) electrons. The molecule has 2 rings (SSSR count). The fourth-order valence-electron chi connectivity index (χ4n) is 1.36. The molecule has 6 nitrogen and oxygen atoms in total. The Morgan fingerprint density at radius 2 is 2.29 bits per heavy atom. The Kier molecular flexibility index (Phi) is 3.32. The first-order valence-corrected chi connectivity index (χ1v) is 6.79. The van der Waals surface area contributed by atoms with Gasteiger partial charge < -0.3 is 4.84 Å². The monoisotopic (exact) mass is 275 g/mol. The van der Waals surface area contributed by atoms with Gasteiger partial charge in [0.15, 0.2) is 11.2 Å². The summed E-state index contributed by atoms with van der Waals surface area (Å²) in [7, 11) is -3.80. The third-order valence-electron chi connectivity index (χ3n) is 2.08. The van der Waals surface area contributed by atoms with E-state index in [0.717, 1.165) is 4.47 Å². The van der Waals surface area contributed by atoms with Gasteiger partial charge in [-0.3, -0.25) is 0 Å². The normalized spacial score (nSPS) is 21.1. The van der Waals surface area contributed by atoms with Crippen LogP contribution in [0.1, 0.15) is 6.92 Å². The first kappa shape index (κ1) is 12.3. The molecule has 17 heavy (non-hydrogen) atoms. The molecule has 0 N–H and O–H groups in total. The van der Waals surface area contributed by atoms with Crippen molar-refractivity contribution in [3.8, 4) is 0 Å². The smallest absolute Gasteiger partial charge is 0.293 e. The summed E-state index contributed by atoms with van der Waals surface area (Å²) in [6.07, 6.45) is 0.757. The van der Waals surface area contributed by atoms with Crippen molar-refractivity contribution in [1.82, 2.24) is 9.45 Å². The van der Waals surface area contributed by atoms with Crippen LogP contribution < -0.4 is 0 Å². The first-order valence-electron chi connectivity index (χ1n) is 4.82. The van der Waals surface area contributed by atoms with Gasteiger partial charge in [-0.05, 0) is 23.5 Å². The van der Waals surface area contributed by atoms with Gasteiger partial charge in [-0.1, -0.05) is 6.07 Å². The molecule has 0 aromatic carbocycles. The highest BCUT2D eigenvalue weighted by Crippen LogP contribution is 2.22. The molecule has 1 aromatic heterocycles. The van der Waals surface area contributed by atoms with Gasteiger partial charge in [-0.25, -0.2) is 18.4 Å². The van der Waals surface area contributed by atoms with Crippen LogP contribution in [0.15, 0.2) is 34.4 Å². The van der Waals surface area contributed by atoms with E-state index in [0.29, 0.717) is 0 Å². The molecule has 1 aromatic rings. The van der Waals surface area contributed by atoms with Crippen LogP contribution in [0, 0.1) is 0 Å². The van der Waals surface area contributed by atoms with Gasteiger partial charge in [0, 0.05) is 6.20 Å². The van der Waals surface area contributed by atoms with Crippen LogP contribution in [0.3, 0.4) is 0 Å². The van der Waals surface area contributed by atoms with Crippen molar-refractivity contribution in [2.24, 2.45) is 4.99 Å². The molecule has 0 fully saturated rings. The van der Waals surface area contributed by atoms with Crippen LogP contribution in [0.25, 0.3) is 0 Å². The Hall–Kier alpha value is -1.18. The number of pyridine rings is 1. The van der Waals surface area contributed by atoms with Gasteiger partial charge in [-0.2, -0.15) is 0 Å². The first-order chi connectivity index (χ1) is 8.05. The van der Waals surface area contributed by atoms with Crippen molar-refractivity contribution in [3.05, 3.63) is 24.4 Å². The average molecular weight is 276 g/mol. The SMILES string of the molecule is C[C@H]1N=C(CCl)ON1S(=O)(=O)c1ccccn1. The topological polar surface area (TPSA) is 71.9 Å². The van der Waals surface area contributed by atoms with Crippen LogP contribution in [0.5, 0.6) is 0 Å². The number of nitrogens with zero attached hydrogens (tertiary/aromatic N) is 3. The predicted molar refractivity (Wildman–Crippen MR) is 62.0 cm³/mol. The maximum Gasteiger partial charge on any atom is 0.293 e. The number of rotatable bonds is 3. The van der Waals surface area contributed by atoms with Crippen molar-refractivity contribution >= 4 is 27.5 Å². The molecular formula is C9H10ClN3O3S. The standard InChI is InChI=1S/C9H10ClN3O3S/c1-7-12-8(6-10)16-13(7)17(14,15)9-4-2-3-5-11-9/h2-5,7H,6H2,1H3/t7-/m0/s1. The molecule has 1 aliphatic rings. The number of halogens is 1. The third kappa shape index (κ3) is 2.26.